The fourth-order valence-electron chi connectivity index (χ4n) is 1.19. The van der Waals surface area contributed by atoms with Crippen molar-refractivity contribution in [2.45, 2.75) is 4.90 Å². The Morgan fingerprint density at radius 3 is 2.17 bits per heavy atom. The van der Waals surface area contributed by atoms with E-state index in [4.69, 9.17) is 0 Å². The minimum absolute atomic E-state index is 0.146. The first-order valence-electron chi connectivity index (χ1n) is 4.51. The summed E-state index contributed by atoms with van der Waals surface area (Å²) in [6, 6.07) is 2.33. The van der Waals surface area contributed by atoms with E-state index in [0.29, 0.717) is 6.07 Å². The van der Waals surface area contributed by atoms with Crippen molar-refractivity contribution in [3.05, 3.63) is 45.4 Å². The zero-order valence-electron chi connectivity index (χ0n) is 8.90. The Balaban J connectivity index is 3.41. The molecule has 1 aromatic carbocycles. The third-order valence-corrected chi connectivity index (χ3v) is 3.40. The average molecular weight is 274 g/mol. The van der Waals surface area contributed by atoms with Crippen LogP contribution >= 0.6 is 0 Å². The van der Waals surface area contributed by atoms with Crippen LogP contribution in [0.15, 0.2) is 23.1 Å². The molecule has 9 nitrogen and oxygen atoms in total. The smallest absolute Gasteiger partial charge is 0.258 e. The topological polar surface area (TPSA) is 132 Å². The summed E-state index contributed by atoms with van der Waals surface area (Å²) in [6.45, 7) is 3.12. The Morgan fingerprint density at radius 2 is 1.72 bits per heavy atom. The molecule has 10 heteroatoms. The molecule has 97 valence electrons. The van der Waals surface area contributed by atoms with Crippen molar-refractivity contribution in [2.24, 2.45) is 0 Å². The number of nitro benzene ring substituents is 2. The van der Waals surface area contributed by atoms with Crippen LogP contribution in [0.4, 0.5) is 11.4 Å². The maximum atomic E-state index is 11.5. The van der Waals surface area contributed by atoms with Gasteiger partial charge < -0.3 is 0 Å². The number of sulfonamides is 1. The van der Waals surface area contributed by atoms with Crippen LogP contribution in [0.5, 0.6) is 0 Å². The van der Waals surface area contributed by atoms with Crippen LogP contribution in [0, 0.1) is 27.2 Å². The normalized spacial score (nSPS) is 11.2. The molecule has 0 heterocycles. The van der Waals surface area contributed by atoms with Gasteiger partial charge in [-0.15, -0.1) is 0 Å². The first kappa shape index (κ1) is 14.0. The van der Waals surface area contributed by atoms with Crippen LogP contribution in [0.1, 0.15) is 0 Å². The zero-order valence-corrected chi connectivity index (χ0v) is 9.71. The Morgan fingerprint density at radius 1 is 1.17 bits per heavy atom. The molecule has 0 aromatic heterocycles. The molecular formula is C8H8N3O6S. The van der Waals surface area contributed by atoms with E-state index in [1.165, 1.54) is 0 Å². The van der Waals surface area contributed by atoms with Crippen molar-refractivity contribution in [3.63, 3.8) is 0 Å². The number of rotatable bonds is 5. The predicted molar refractivity (Wildman–Crippen MR) is 60.3 cm³/mol. The lowest BCUT2D eigenvalue weighted by atomic mass is 10.3. The van der Waals surface area contributed by atoms with Crippen LogP contribution < -0.4 is 4.72 Å². The molecule has 0 amide bonds. The molecule has 0 atom stereocenters. The second kappa shape index (κ2) is 5.06. The van der Waals surface area contributed by atoms with E-state index in [-0.39, 0.29) is 6.54 Å². The number of nitro groups is 2. The van der Waals surface area contributed by atoms with Gasteiger partial charge in [-0.3, -0.25) is 20.2 Å². The van der Waals surface area contributed by atoms with Crippen molar-refractivity contribution >= 4 is 21.4 Å². The molecule has 1 rings (SSSR count). The van der Waals surface area contributed by atoms with Crippen LogP contribution in [0.25, 0.3) is 0 Å². The van der Waals surface area contributed by atoms with Gasteiger partial charge in [0.15, 0.2) is 0 Å². The summed E-state index contributed by atoms with van der Waals surface area (Å²) in [7, 11) is -3.95. The molecule has 0 bridgehead atoms. The van der Waals surface area contributed by atoms with E-state index >= 15 is 0 Å². The molecule has 18 heavy (non-hydrogen) atoms. The largest absolute Gasteiger partial charge is 0.347 e. The number of hydrogen-bond donors (Lipinski definition) is 1. The minimum Gasteiger partial charge on any atom is -0.258 e. The van der Waals surface area contributed by atoms with Gasteiger partial charge in [0.1, 0.15) is 0 Å². The summed E-state index contributed by atoms with van der Waals surface area (Å²) in [5.41, 5.74) is -1.65. The highest BCUT2D eigenvalue weighted by Gasteiger charge is 2.27. The number of nitrogens with zero attached hydrogens (tertiary/aromatic N) is 2. The second-order valence-electron chi connectivity index (χ2n) is 3.06. The van der Waals surface area contributed by atoms with E-state index in [1.54, 1.807) is 0 Å². The van der Waals surface area contributed by atoms with E-state index in [2.05, 4.69) is 6.92 Å². The fourth-order valence-corrected chi connectivity index (χ4v) is 2.14. The highest BCUT2D eigenvalue weighted by molar-refractivity contribution is 7.89. The van der Waals surface area contributed by atoms with Crippen molar-refractivity contribution in [1.29, 1.82) is 0 Å². The Kier molecular flexibility index (Phi) is 3.93. The molecule has 0 aliphatic rings. The highest BCUT2D eigenvalue weighted by Crippen LogP contribution is 2.29. The third-order valence-electron chi connectivity index (χ3n) is 1.94. The predicted octanol–water partition coefficient (Wildman–Crippen LogP) is 0.615. The summed E-state index contributed by atoms with van der Waals surface area (Å²) < 4.78 is 25.1. The van der Waals surface area contributed by atoms with Crippen LogP contribution in [-0.2, 0) is 10.0 Å². The summed E-state index contributed by atoms with van der Waals surface area (Å²) in [4.78, 5) is 18.8. The van der Waals surface area contributed by atoms with Crippen molar-refractivity contribution in [2.75, 3.05) is 6.54 Å². The monoisotopic (exact) mass is 274 g/mol. The van der Waals surface area contributed by atoms with E-state index in [0.717, 1.165) is 12.1 Å². The summed E-state index contributed by atoms with van der Waals surface area (Å²) >= 11 is 0. The molecule has 0 fully saturated rings. The standard InChI is InChI=1S/C8H8N3O6S/c1-2-9-18(16,17)6-3-4-7(10(12)13)8(5-6)11(14)15/h3-5,9H,1-2H2. The van der Waals surface area contributed by atoms with Gasteiger partial charge in [0.2, 0.25) is 10.0 Å². The lowest BCUT2D eigenvalue weighted by Gasteiger charge is -2.04. The van der Waals surface area contributed by atoms with Gasteiger partial charge in [-0.05, 0) is 13.0 Å². The van der Waals surface area contributed by atoms with Gasteiger partial charge in [0.25, 0.3) is 0 Å². The fraction of sp³-hybridized carbons (Fsp3) is 0.125. The van der Waals surface area contributed by atoms with Crippen LogP contribution in [0.3, 0.4) is 0 Å². The maximum absolute atomic E-state index is 11.5. The van der Waals surface area contributed by atoms with Gasteiger partial charge in [0.05, 0.1) is 14.7 Å². The van der Waals surface area contributed by atoms with Gasteiger partial charge in [-0.2, -0.15) is 0 Å². The summed E-state index contributed by atoms with van der Waals surface area (Å²) in [5.74, 6) is 0. The molecule has 0 saturated heterocycles. The van der Waals surface area contributed by atoms with Crippen molar-refractivity contribution < 1.29 is 18.3 Å². The first-order chi connectivity index (χ1) is 8.29. The average Bonchev–Trinajstić information content (AvgIpc) is 2.27. The zero-order chi connectivity index (χ0) is 13.9. The Hall–Kier alpha value is -2.07. The minimum atomic E-state index is -3.95. The van der Waals surface area contributed by atoms with Crippen molar-refractivity contribution in [3.8, 4) is 0 Å². The number of nitrogens with one attached hydrogen (secondary N) is 1. The molecular weight excluding hydrogens is 266 g/mol. The van der Waals surface area contributed by atoms with Gasteiger partial charge in [-0.25, -0.2) is 13.1 Å². The second-order valence-corrected chi connectivity index (χ2v) is 4.83. The van der Waals surface area contributed by atoms with Crippen LogP contribution in [-0.4, -0.2) is 24.8 Å². The molecule has 1 radical (unpaired) electrons. The van der Waals surface area contributed by atoms with Crippen molar-refractivity contribution in [1.82, 2.24) is 4.72 Å². The molecule has 0 saturated carbocycles. The lowest BCUT2D eigenvalue weighted by Crippen LogP contribution is -2.23. The molecule has 0 aliphatic carbocycles. The van der Waals surface area contributed by atoms with E-state index in [1.807, 2.05) is 4.72 Å². The Labute approximate surface area is 102 Å². The third kappa shape index (κ3) is 2.78. The molecule has 0 spiro atoms. The quantitative estimate of drug-likeness (QED) is 0.618. The molecule has 0 unspecified atom stereocenters. The Bertz CT molecular complexity index is 597. The number of hydrogen-bond acceptors (Lipinski definition) is 6. The van der Waals surface area contributed by atoms with Crippen LogP contribution in [0.2, 0.25) is 0 Å². The maximum Gasteiger partial charge on any atom is 0.347 e. The summed E-state index contributed by atoms with van der Waals surface area (Å²) in [5, 5.41) is 21.2. The molecule has 1 N–H and O–H groups in total. The van der Waals surface area contributed by atoms with Gasteiger partial charge >= 0.3 is 11.4 Å². The molecule has 1 aromatic rings. The molecule has 0 aliphatic heterocycles. The highest BCUT2D eigenvalue weighted by atomic mass is 32.2. The van der Waals surface area contributed by atoms with Gasteiger partial charge in [-0.1, -0.05) is 0 Å². The van der Waals surface area contributed by atoms with Gasteiger partial charge in [0, 0.05) is 18.7 Å². The van der Waals surface area contributed by atoms with E-state index < -0.39 is 36.1 Å². The van der Waals surface area contributed by atoms with E-state index in [9.17, 15) is 28.6 Å². The SMILES string of the molecule is [CH2]CNS(=O)(=O)c1ccc([N+](=O)[O-])c([N+](=O)[O-])c1. The first-order valence-corrected chi connectivity index (χ1v) is 5.99. The number of benzene rings is 1. The summed E-state index contributed by atoms with van der Waals surface area (Å²) in [6.07, 6.45) is 0. The lowest BCUT2D eigenvalue weighted by molar-refractivity contribution is -0.422.